The number of rotatable bonds is 5. The van der Waals surface area contributed by atoms with E-state index in [-0.39, 0.29) is 5.91 Å². The number of carbonyl (C=O) groups excluding carboxylic acids is 1. The van der Waals surface area contributed by atoms with Crippen LogP contribution in [0, 0.1) is 0 Å². The molecule has 0 bridgehead atoms. The van der Waals surface area contributed by atoms with Crippen LogP contribution >= 0.6 is 0 Å². The number of carbonyl (C=O) groups is 1. The van der Waals surface area contributed by atoms with Crippen molar-refractivity contribution in [2.45, 2.75) is 12.0 Å². The third-order valence-electron chi connectivity index (χ3n) is 3.23. The lowest BCUT2D eigenvalue weighted by atomic mass is 10.0. The van der Waals surface area contributed by atoms with Crippen LogP contribution in [0.25, 0.3) is 0 Å². The normalized spacial score (nSPS) is 22.2. The smallest absolute Gasteiger partial charge is 0.269 e. The van der Waals surface area contributed by atoms with Crippen LogP contribution < -0.4 is 16.6 Å². The van der Waals surface area contributed by atoms with Crippen LogP contribution in [0.3, 0.4) is 0 Å². The molecule has 7 heteroatoms. The minimum Gasteiger partial charge on any atom is -0.378 e. The topological polar surface area (TPSA) is 98.5 Å². The van der Waals surface area contributed by atoms with Gasteiger partial charge in [-0.15, -0.1) is 0 Å². The first-order chi connectivity index (χ1) is 9.19. The first kappa shape index (κ1) is 13.7. The number of amides is 1. The third kappa shape index (κ3) is 3.19. The third-order valence-corrected chi connectivity index (χ3v) is 3.23. The molecule has 0 aromatic carbocycles. The highest BCUT2D eigenvalue weighted by Crippen LogP contribution is 2.21. The van der Waals surface area contributed by atoms with Crippen molar-refractivity contribution >= 4 is 11.6 Å². The molecule has 104 valence electrons. The number of methoxy groups -OCH3 is 1. The maximum absolute atomic E-state index is 11.9. The van der Waals surface area contributed by atoms with Gasteiger partial charge in [0, 0.05) is 26.7 Å². The van der Waals surface area contributed by atoms with Crippen LogP contribution in [-0.4, -0.2) is 43.4 Å². The fourth-order valence-electron chi connectivity index (χ4n) is 1.91. The fraction of sp³-hybridized carbons (Fsp3) is 0.500. The number of nitrogens with zero attached hydrogens (tertiary/aromatic N) is 1. The molecule has 0 radical (unpaired) electrons. The van der Waals surface area contributed by atoms with Gasteiger partial charge >= 0.3 is 0 Å². The van der Waals surface area contributed by atoms with Gasteiger partial charge in [0.1, 0.15) is 11.3 Å². The highest BCUT2D eigenvalue weighted by molar-refractivity contribution is 5.92. The Balaban J connectivity index is 1.93. The average molecular weight is 266 g/mol. The van der Waals surface area contributed by atoms with E-state index in [9.17, 15) is 4.79 Å². The molecule has 1 aliphatic heterocycles. The first-order valence-electron chi connectivity index (χ1n) is 6.03. The largest absolute Gasteiger partial charge is 0.378 e. The number of nitrogen functional groups attached to an aromatic ring is 1. The molecule has 4 N–H and O–H groups in total. The number of ether oxygens (including phenoxy) is 2. The number of aromatic nitrogens is 1. The van der Waals surface area contributed by atoms with Gasteiger partial charge in [-0.25, -0.2) is 4.98 Å². The van der Waals surface area contributed by atoms with Gasteiger partial charge in [-0.3, -0.25) is 10.6 Å². The number of hydrogen-bond acceptors (Lipinski definition) is 6. The molecule has 1 atom stereocenters. The number of nitrogens with one attached hydrogen (secondary N) is 2. The molecule has 1 unspecified atom stereocenters. The van der Waals surface area contributed by atoms with E-state index in [1.165, 1.54) is 6.20 Å². The lowest BCUT2D eigenvalue weighted by molar-refractivity contribution is -0.0149. The molecule has 2 heterocycles. The van der Waals surface area contributed by atoms with E-state index in [2.05, 4.69) is 15.7 Å². The molecule has 19 heavy (non-hydrogen) atoms. The van der Waals surface area contributed by atoms with Crippen molar-refractivity contribution in [3.05, 3.63) is 24.0 Å². The molecule has 1 aromatic rings. The predicted octanol–water partition coefficient (Wildman–Crippen LogP) is -0.0975. The maximum Gasteiger partial charge on any atom is 0.269 e. The number of anilines is 1. The van der Waals surface area contributed by atoms with Crippen LogP contribution in [0.2, 0.25) is 0 Å². The van der Waals surface area contributed by atoms with E-state index < -0.39 is 5.60 Å². The Morgan fingerprint density at radius 3 is 3.00 bits per heavy atom. The lowest BCUT2D eigenvalue weighted by Crippen LogP contribution is -2.45. The van der Waals surface area contributed by atoms with Gasteiger partial charge in [-0.05, 0) is 12.1 Å². The van der Waals surface area contributed by atoms with Gasteiger partial charge < -0.3 is 20.2 Å². The minimum atomic E-state index is -0.422. The van der Waals surface area contributed by atoms with E-state index in [1.807, 2.05) is 0 Å². The van der Waals surface area contributed by atoms with Crippen molar-refractivity contribution < 1.29 is 14.3 Å². The summed E-state index contributed by atoms with van der Waals surface area (Å²) in [5, 5.41) is 2.81. The molecule has 1 saturated heterocycles. The Morgan fingerprint density at radius 2 is 2.47 bits per heavy atom. The molecule has 1 aliphatic rings. The van der Waals surface area contributed by atoms with Crippen LogP contribution in [0.15, 0.2) is 18.3 Å². The number of hydrogen-bond donors (Lipinski definition) is 3. The molecule has 0 saturated carbocycles. The van der Waals surface area contributed by atoms with Crippen LogP contribution in [0.5, 0.6) is 0 Å². The summed E-state index contributed by atoms with van der Waals surface area (Å²) in [5.41, 5.74) is 3.02. The van der Waals surface area contributed by atoms with Crippen molar-refractivity contribution in [1.29, 1.82) is 0 Å². The zero-order valence-electron chi connectivity index (χ0n) is 10.8. The fourth-order valence-corrected chi connectivity index (χ4v) is 1.91. The van der Waals surface area contributed by atoms with Gasteiger partial charge in [-0.2, -0.15) is 0 Å². The summed E-state index contributed by atoms with van der Waals surface area (Å²) in [5.74, 6) is 4.99. The van der Waals surface area contributed by atoms with Gasteiger partial charge in [-0.1, -0.05) is 0 Å². The zero-order chi connectivity index (χ0) is 13.7. The summed E-state index contributed by atoms with van der Waals surface area (Å²) in [6.45, 7) is 1.55. The Bertz CT molecular complexity index is 429. The standard InChI is InChI=1S/C12H18N4O3/c1-18-12(4-5-19-8-12)7-15-11(17)10-3-2-9(16-13)6-14-10/h2-3,6,16H,4-5,7-8,13H2,1H3,(H,15,17). The number of pyridine rings is 1. The van der Waals surface area contributed by atoms with Crippen molar-refractivity contribution in [3.63, 3.8) is 0 Å². The van der Waals surface area contributed by atoms with E-state index in [1.54, 1.807) is 19.2 Å². The van der Waals surface area contributed by atoms with Crippen molar-refractivity contribution in [1.82, 2.24) is 10.3 Å². The van der Waals surface area contributed by atoms with E-state index in [0.29, 0.717) is 31.1 Å². The molecule has 2 rings (SSSR count). The summed E-state index contributed by atoms with van der Waals surface area (Å²) in [6.07, 6.45) is 2.27. The second-order valence-electron chi connectivity index (χ2n) is 4.45. The molecule has 0 aliphatic carbocycles. The molecule has 0 spiro atoms. The monoisotopic (exact) mass is 266 g/mol. The summed E-state index contributed by atoms with van der Waals surface area (Å²) < 4.78 is 10.7. The molecule has 1 fully saturated rings. The second-order valence-corrected chi connectivity index (χ2v) is 4.45. The number of hydrazine groups is 1. The second kappa shape index (κ2) is 5.96. The quantitative estimate of drug-likeness (QED) is 0.508. The summed E-state index contributed by atoms with van der Waals surface area (Å²) >= 11 is 0. The summed E-state index contributed by atoms with van der Waals surface area (Å²) in [6, 6.07) is 3.29. The van der Waals surface area contributed by atoms with Crippen LogP contribution in [-0.2, 0) is 9.47 Å². The van der Waals surface area contributed by atoms with E-state index >= 15 is 0 Å². The van der Waals surface area contributed by atoms with Gasteiger partial charge in [0.15, 0.2) is 0 Å². The van der Waals surface area contributed by atoms with Gasteiger partial charge in [0.05, 0.1) is 18.5 Å². The zero-order valence-corrected chi connectivity index (χ0v) is 10.8. The Hall–Kier alpha value is -1.70. The molecule has 7 nitrogen and oxygen atoms in total. The van der Waals surface area contributed by atoms with Crippen LogP contribution in [0.4, 0.5) is 5.69 Å². The van der Waals surface area contributed by atoms with Crippen molar-refractivity contribution in [2.75, 3.05) is 32.3 Å². The summed E-state index contributed by atoms with van der Waals surface area (Å²) in [4.78, 5) is 16.0. The highest BCUT2D eigenvalue weighted by atomic mass is 16.5. The first-order valence-corrected chi connectivity index (χ1v) is 6.03. The van der Waals surface area contributed by atoms with Gasteiger partial charge in [0.2, 0.25) is 0 Å². The summed E-state index contributed by atoms with van der Waals surface area (Å²) in [7, 11) is 1.63. The highest BCUT2D eigenvalue weighted by Gasteiger charge is 2.35. The molecular weight excluding hydrogens is 248 g/mol. The lowest BCUT2D eigenvalue weighted by Gasteiger charge is -2.25. The molecule has 1 aromatic heterocycles. The predicted molar refractivity (Wildman–Crippen MR) is 69.6 cm³/mol. The maximum atomic E-state index is 11.9. The van der Waals surface area contributed by atoms with Crippen LogP contribution in [0.1, 0.15) is 16.9 Å². The van der Waals surface area contributed by atoms with Crippen molar-refractivity contribution in [2.24, 2.45) is 5.84 Å². The average Bonchev–Trinajstić information content (AvgIpc) is 2.94. The van der Waals surface area contributed by atoms with Crippen molar-refractivity contribution in [3.8, 4) is 0 Å². The minimum absolute atomic E-state index is 0.244. The Labute approximate surface area is 111 Å². The Kier molecular flexibility index (Phi) is 4.31. The van der Waals surface area contributed by atoms with Gasteiger partial charge in [0.25, 0.3) is 5.91 Å². The number of nitrogens with two attached hydrogens (primary N) is 1. The molecule has 1 amide bonds. The Morgan fingerprint density at radius 1 is 1.63 bits per heavy atom. The van der Waals surface area contributed by atoms with E-state index in [0.717, 1.165) is 6.42 Å². The van der Waals surface area contributed by atoms with E-state index in [4.69, 9.17) is 15.3 Å². The molecular formula is C12H18N4O3. The SMILES string of the molecule is COC1(CNC(=O)c2ccc(NN)cn2)CCOC1.